The van der Waals surface area contributed by atoms with Gasteiger partial charge in [0.2, 0.25) is 0 Å². The summed E-state index contributed by atoms with van der Waals surface area (Å²) in [7, 11) is 0. The van der Waals surface area contributed by atoms with E-state index in [1.54, 1.807) is 0 Å². The Morgan fingerprint density at radius 1 is 1.33 bits per heavy atom. The van der Waals surface area contributed by atoms with Crippen LogP contribution in [0.5, 0.6) is 0 Å². The Bertz CT molecular complexity index is 203. The van der Waals surface area contributed by atoms with Crippen LogP contribution in [0.25, 0.3) is 0 Å². The number of carbonyl (C=O) groups excluding carboxylic acids is 1. The summed E-state index contributed by atoms with van der Waals surface area (Å²) in [5.74, 6) is 0. The minimum atomic E-state index is -0.0515. The SMILES string of the molecule is CC(C)NC(=O)NC1(C)CCNCC1.Cl. The van der Waals surface area contributed by atoms with Crippen molar-refractivity contribution < 1.29 is 4.79 Å². The fraction of sp³-hybridized carbons (Fsp3) is 0.900. The summed E-state index contributed by atoms with van der Waals surface area (Å²) < 4.78 is 0. The molecule has 0 unspecified atom stereocenters. The highest BCUT2D eigenvalue weighted by atomic mass is 35.5. The highest BCUT2D eigenvalue weighted by Crippen LogP contribution is 2.16. The predicted octanol–water partition coefficient (Wildman–Crippen LogP) is 1.26. The Balaban J connectivity index is 0.00000196. The van der Waals surface area contributed by atoms with E-state index in [0.29, 0.717) is 0 Å². The quantitative estimate of drug-likeness (QED) is 0.675. The van der Waals surface area contributed by atoms with E-state index >= 15 is 0 Å². The first-order valence-electron chi connectivity index (χ1n) is 5.31. The fourth-order valence-corrected chi connectivity index (χ4v) is 1.68. The molecule has 0 saturated carbocycles. The van der Waals surface area contributed by atoms with Gasteiger partial charge in [-0.25, -0.2) is 4.79 Å². The van der Waals surface area contributed by atoms with Crippen molar-refractivity contribution in [2.24, 2.45) is 0 Å². The molecule has 0 atom stereocenters. The number of halogens is 1. The second-order valence-corrected chi connectivity index (χ2v) is 4.56. The predicted molar refractivity (Wildman–Crippen MR) is 64.6 cm³/mol. The fourth-order valence-electron chi connectivity index (χ4n) is 1.68. The van der Waals surface area contributed by atoms with E-state index in [0.717, 1.165) is 25.9 Å². The normalized spacial score (nSPS) is 19.2. The van der Waals surface area contributed by atoms with Gasteiger partial charge < -0.3 is 16.0 Å². The number of carbonyl (C=O) groups is 1. The standard InChI is InChI=1S/C10H21N3O.ClH/c1-8(2)12-9(14)13-10(3)4-6-11-7-5-10;/h8,11H,4-7H2,1-3H3,(H2,12,13,14);1H. The van der Waals surface area contributed by atoms with E-state index in [-0.39, 0.29) is 30.0 Å². The Labute approximate surface area is 98.0 Å². The third kappa shape index (κ3) is 5.23. The molecule has 90 valence electrons. The van der Waals surface area contributed by atoms with Crippen LogP contribution in [0.2, 0.25) is 0 Å². The molecule has 1 fully saturated rings. The molecule has 4 nitrogen and oxygen atoms in total. The van der Waals surface area contributed by atoms with Crippen LogP contribution < -0.4 is 16.0 Å². The van der Waals surface area contributed by atoms with Crippen LogP contribution in [-0.4, -0.2) is 30.7 Å². The lowest BCUT2D eigenvalue weighted by Gasteiger charge is -2.35. The number of amides is 2. The van der Waals surface area contributed by atoms with Gasteiger partial charge in [-0.1, -0.05) is 0 Å². The molecule has 15 heavy (non-hydrogen) atoms. The average molecular weight is 236 g/mol. The molecule has 1 aliphatic heterocycles. The molecule has 1 rings (SSSR count). The molecule has 0 aromatic carbocycles. The lowest BCUT2D eigenvalue weighted by atomic mass is 9.91. The van der Waals surface area contributed by atoms with Crippen molar-refractivity contribution in [2.45, 2.75) is 45.2 Å². The van der Waals surface area contributed by atoms with Crippen LogP contribution in [-0.2, 0) is 0 Å². The number of hydrogen-bond donors (Lipinski definition) is 3. The van der Waals surface area contributed by atoms with E-state index in [1.165, 1.54) is 0 Å². The molecule has 0 aliphatic carbocycles. The maximum atomic E-state index is 11.5. The maximum Gasteiger partial charge on any atom is 0.315 e. The van der Waals surface area contributed by atoms with Crippen molar-refractivity contribution in [2.75, 3.05) is 13.1 Å². The first-order valence-corrected chi connectivity index (χ1v) is 5.31. The van der Waals surface area contributed by atoms with Gasteiger partial charge in [-0.2, -0.15) is 0 Å². The van der Waals surface area contributed by atoms with Crippen molar-refractivity contribution in [3.05, 3.63) is 0 Å². The van der Waals surface area contributed by atoms with E-state index in [9.17, 15) is 4.79 Å². The molecule has 1 aliphatic rings. The minimum Gasteiger partial charge on any atom is -0.336 e. The van der Waals surface area contributed by atoms with E-state index in [4.69, 9.17) is 0 Å². The Morgan fingerprint density at radius 3 is 2.33 bits per heavy atom. The van der Waals surface area contributed by atoms with Gasteiger partial charge in [-0.3, -0.25) is 0 Å². The van der Waals surface area contributed by atoms with Crippen LogP contribution in [0.3, 0.4) is 0 Å². The van der Waals surface area contributed by atoms with Crippen molar-refractivity contribution >= 4 is 18.4 Å². The smallest absolute Gasteiger partial charge is 0.315 e. The van der Waals surface area contributed by atoms with Crippen molar-refractivity contribution in [3.63, 3.8) is 0 Å². The molecule has 0 bridgehead atoms. The summed E-state index contributed by atoms with van der Waals surface area (Å²) in [5.41, 5.74) is -0.0375. The zero-order valence-electron chi connectivity index (χ0n) is 9.72. The summed E-state index contributed by atoms with van der Waals surface area (Å²) in [6.45, 7) is 8.00. The summed E-state index contributed by atoms with van der Waals surface area (Å²) in [6, 6.07) is 0.143. The summed E-state index contributed by atoms with van der Waals surface area (Å²) in [5, 5.41) is 9.16. The van der Waals surface area contributed by atoms with Crippen LogP contribution in [0, 0.1) is 0 Å². The van der Waals surface area contributed by atoms with Crippen LogP contribution in [0.15, 0.2) is 0 Å². The molecule has 3 N–H and O–H groups in total. The van der Waals surface area contributed by atoms with Crippen molar-refractivity contribution in [1.82, 2.24) is 16.0 Å². The molecule has 1 heterocycles. The molecule has 0 aromatic heterocycles. The largest absolute Gasteiger partial charge is 0.336 e. The number of piperidine rings is 1. The molecular weight excluding hydrogens is 214 g/mol. The zero-order valence-corrected chi connectivity index (χ0v) is 10.5. The van der Waals surface area contributed by atoms with E-state index in [1.807, 2.05) is 13.8 Å². The summed E-state index contributed by atoms with van der Waals surface area (Å²) in [4.78, 5) is 11.5. The summed E-state index contributed by atoms with van der Waals surface area (Å²) >= 11 is 0. The molecular formula is C10H22ClN3O. The first kappa shape index (κ1) is 14.5. The second kappa shape index (κ2) is 6.18. The second-order valence-electron chi connectivity index (χ2n) is 4.56. The molecule has 5 heteroatoms. The van der Waals surface area contributed by atoms with Gasteiger partial charge in [0.05, 0.1) is 0 Å². The number of rotatable bonds is 2. The zero-order chi connectivity index (χ0) is 10.6. The van der Waals surface area contributed by atoms with E-state index in [2.05, 4.69) is 22.9 Å². The molecule has 2 amide bonds. The monoisotopic (exact) mass is 235 g/mol. The molecule has 0 radical (unpaired) electrons. The molecule has 1 saturated heterocycles. The minimum absolute atomic E-state index is 0. The number of nitrogens with one attached hydrogen (secondary N) is 3. The third-order valence-electron chi connectivity index (χ3n) is 2.54. The highest BCUT2D eigenvalue weighted by molar-refractivity contribution is 5.85. The Kier molecular flexibility index (Phi) is 5.98. The number of urea groups is 1. The van der Waals surface area contributed by atoms with Crippen LogP contribution in [0.4, 0.5) is 4.79 Å². The van der Waals surface area contributed by atoms with Gasteiger partial charge >= 0.3 is 6.03 Å². The van der Waals surface area contributed by atoms with Gasteiger partial charge in [-0.15, -0.1) is 12.4 Å². The Hall–Kier alpha value is -0.480. The third-order valence-corrected chi connectivity index (χ3v) is 2.54. The molecule has 0 aromatic rings. The van der Waals surface area contributed by atoms with Crippen LogP contribution >= 0.6 is 12.4 Å². The number of hydrogen-bond acceptors (Lipinski definition) is 2. The van der Waals surface area contributed by atoms with Crippen molar-refractivity contribution in [3.8, 4) is 0 Å². The lowest BCUT2D eigenvalue weighted by Crippen LogP contribution is -2.55. The maximum absolute atomic E-state index is 11.5. The lowest BCUT2D eigenvalue weighted by molar-refractivity contribution is 0.212. The Morgan fingerprint density at radius 2 is 1.87 bits per heavy atom. The highest BCUT2D eigenvalue weighted by Gasteiger charge is 2.28. The van der Waals surface area contributed by atoms with Gasteiger partial charge in [0.15, 0.2) is 0 Å². The topological polar surface area (TPSA) is 53.2 Å². The first-order chi connectivity index (χ1) is 6.52. The van der Waals surface area contributed by atoms with E-state index < -0.39 is 0 Å². The average Bonchev–Trinajstić information content (AvgIpc) is 2.02. The molecule has 0 spiro atoms. The van der Waals surface area contributed by atoms with Gasteiger partial charge in [-0.05, 0) is 46.7 Å². The summed E-state index contributed by atoms with van der Waals surface area (Å²) in [6.07, 6.45) is 2.00. The van der Waals surface area contributed by atoms with Gasteiger partial charge in [0, 0.05) is 11.6 Å². The van der Waals surface area contributed by atoms with Crippen LogP contribution in [0.1, 0.15) is 33.6 Å². The van der Waals surface area contributed by atoms with Gasteiger partial charge in [0.25, 0.3) is 0 Å². The van der Waals surface area contributed by atoms with Crippen molar-refractivity contribution in [1.29, 1.82) is 0 Å². The van der Waals surface area contributed by atoms with Gasteiger partial charge in [0.1, 0.15) is 0 Å².